The van der Waals surface area contributed by atoms with Gasteiger partial charge in [0.1, 0.15) is 6.54 Å². The number of rotatable bonds is 4. The van der Waals surface area contributed by atoms with Crippen LogP contribution in [0.5, 0.6) is 0 Å². The predicted octanol–water partition coefficient (Wildman–Crippen LogP) is 2.80. The van der Waals surface area contributed by atoms with Crippen molar-refractivity contribution in [3.05, 3.63) is 51.8 Å². The molecule has 2 aromatic rings. The van der Waals surface area contributed by atoms with Gasteiger partial charge in [0.15, 0.2) is 0 Å². The molecular weight excluding hydrogens is 332 g/mol. The summed E-state index contributed by atoms with van der Waals surface area (Å²) in [6, 6.07) is 9.69. The Morgan fingerprint density at radius 3 is 2.57 bits per heavy atom. The zero-order chi connectivity index (χ0) is 15.4. The summed E-state index contributed by atoms with van der Waals surface area (Å²) in [5, 5.41) is 8.36. The molecule has 5 nitrogen and oxygen atoms in total. The SMILES string of the molecule is CC(=NNC(=O)Cn1nc(C)cc1C)c1ccc(Br)cc1. The number of halogens is 1. The third kappa shape index (κ3) is 4.26. The van der Waals surface area contributed by atoms with Crippen LogP contribution in [0.25, 0.3) is 0 Å². The molecule has 1 aromatic carbocycles. The topological polar surface area (TPSA) is 59.3 Å². The molecule has 0 unspecified atom stereocenters. The quantitative estimate of drug-likeness (QED) is 0.682. The largest absolute Gasteiger partial charge is 0.271 e. The second-order valence-electron chi connectivity index (χ2n) is 4.82. The molecule has 0 saturated carbocycles. The van der Waals surface area contributed by atoms with Crippen molar-refractivity contribution in [2.45, 2.75) is 27.3 Å². The van der Waals surface area contributed by atoms with E-state index in [2.05, 4.69) is 31.6 Å². The zero-order valence-electron chi connectivity index (χ0n) is 12.2. The summed E-state index contributed by atoms with van der Waals surface area (Å²) in [6.45, 7) is 5.84. The van der Waals surface area contributed by atoms with E-state index in [0.29, 0.717) is 0 Å². The van der Waals surface area contributed by atoms with Crippen LogP contribution in [-0.2, 0) is 11.3 Å². The summed E-state index contributed by atoms with van der Waals surface area (Å²) in [6.07, 6.45) is 0. The molecule has 0 aliphatic carbocycles. The molecule has 1 N–H and O–H groups in total. The highest BCUT2D eigenvalue weighted by Gasteiger charge is 2.06. The summed E-state index contributed by atoms with van der Waals surface area (Å²) in [5.41, 5.74) is 6.13. The van der Waals surface area contributed by atoms with E-state index in [9.17, 15) is 4.79 Å². The summed E-state index contributed by atoms with van der Waals surface area (Å²) < 4.78 is 2.67. The molecule has 1 amide bonds. The summed E-state index contributed by atoms with van der Waals surface area (Å²) >= 11 is 3.38. The Morgan fingerprint density at radius 2 is 2.00 bits per heavy atom. The van der Waals surface area contributed by atoms with Crippen LogP contribution in [0.1, 0.15) is 23.9 Å². The van der Waals surface area contributed by atoms with E-state index >= 15 is 0 Å². The van der Waals surface area contributed by atoms with Gasteiger partial charge in [0.25, 0.3) is 5.91 Å². The van der Waals surface area contributed by atoms with Gasteiger partial charge in [0.05, 0.1) is 11.4 Å². The first-order valence-corrected chi connectivity index (χ1v) is 7.35. The normalized spacial score (nSPS) is 11.5. The van der Waals surface area contributed by atoms with Gasteiger partial charge in [0.2, 0.25) is 0 Å². The van der Waals surface area contributed by atoms with Crippen LogP contribution in [0.15, 0.2) is 39.9 Å². The zero-order valence-corrected chi connectivity index (χ0v) is 13.8. The van der Waals surface area contributed by atoms with Crippen LogP contribution in [0.2, 0.25) is 0 Å². The number of nitrogens with zero attached hydrogens (tertiary/aromatic N) is 3. The van der Waals surface area contributed by atoms with Crippen LogP contribution in [0.3, 0.4) is 0 Å². The Balaban J connectivity index is 1.98. The lowest BCUT2D eigenvalue weighted by atomic mass is 10.1. The molecule has 0 saturated heterocycles. The molecule has 2 rings (SSSR count). The van der Waals surface area contributed by atoms with Crippen molar-refractivity contribution in [3.63, 3.8) is 0 Å². The van der Waals surface area contributed by atoms with Crippen molar-refractivity contribution in [2.24, 2.45) is 5.10 Å². The number of amides is 1. The molecule has 0 spiro atoms. The highest BCUT2D eigenvalue weighted by atomic mass is 79.9. The van der Waals surface area contributed by atoms with Crippen molar-refractivity contribution >= 4 is 27.5 Å². The molecule has 0 aliphatic heterocycles. The molecule has 1 aromatic heterocycles. The minimum Gasteiger partial charge on any atom is -0.271 e. The van der Waals surface area contributed by atoms with Gasteiger partial charge in [0, 0.05) is 10.2 Å². The van der Waals surface area contributed by atoms with E-state index in [1.165, 1.54) is 0 Å². The van der Waals surface area contributed by atoms with E-state index in [1.54, 1.807) is 4.68 Å². The fourth-order valence-electron chi connectivity index (χ4n) is 1.91. The van der Waals surface area contributed by atoms with Crippen LogP contribution >= 0.6 is 15.9 Å². The number of aromatic nitrogens is 2. The Hall–Kier alpha value is -1.95. The third-order valence-corrected chi connectivity index (χ3v) is 3.54. The van der Waals surface area contributed by atoms with Gasteiger partial charge in [-0.05, 0) is 44.5 Å². The van der Waals surface area contributed by atoms with E-state index in [4.69, 9.17) is 0 Å². The fourth-order valence-corrected chi connectivity index (χ4v) is 2.17. The molecule has 6 heteroatoms. The van der Waals surface area contributed by atoms with Gasteiger partial charge >= 0.3 is 0 Å². The maximum absolute atomic E-state index is 11.9. The average Bonchev–Trinajstić information content (AvgIpc) is 2.75. The lowest BCUT2D eigenvalue weighted by Gasteiger charge is -2.05. The van der Waals surface area contributed by atoms with Gasteiger partial charge in [-0.1, -0.05) is 28.1 Å². The predicted molar refractivity (Wildman–Crippen MR) is 86.2 cm³/mol. The molecule has 0 radical (unpaired) electrons. The Labute approximate surface area is 132 Å². The molecular formula is C15H17BrN4O. The molecule has 110 valence electrons. The molecule has 0 aliphatic rings. The monoisotopic (exact) mass is 348 g/mol. The second kappa shape index (κ2) is 6.67. The first kappa shape index (κ1) is 15.4. The second-order valence-corrected chi connectivity index (χ2v) is 5.74. The van der Waals surface area contributed by atoms with Crippen molar-refractivity contribution < 1.29 is 4.79 Å². The van der Waals surface area contributed by atoms with E-state index in [0.717, 1.165) is 27.1 Å². The minimum absolute atomic E-state index is 0.163. The first-order chi connectivity index (χ1) is 9.95. The Kier molecular flexibility index (Phi) is 4.90. The molecule has 0 bridgehead atoms. The number of nitrogens with one attached hydrogen (secondary N) is 1. The number of carbonyl (C=O) groups is 1. The summed E-state index contributed by atoms with van der Waals surface area (Å²) in [7, 11) is 0. The molecule has 1 heterocycles. The van der Waals surface area contributed by atoms with Crippen molar-refractivity contribution in [2.75, 3.05) is 0 Å². The van der Waals surface area contributed by atoms with E-state index in [-0.39, 0.29) is 12.5 Å². The van der Waals surface area contributed by atoms with Crippen molar-refractivity contribution in [1.82, 2.24) is 15.2 Å². The molecule has 0 atom stereocenters. The van der Waals surface area contributed by atoms with Crippen LogP contribution in [0.4, 0.5) is 0 Å². The van der Waals surface area contributed by atoms with Crippen LogP contribution < -0.4 is 5.43 Å². The lowest BCUT2D eigenvalue weighted by Crippen LogP contribution is -2.25. The van der Waals surface area contributed by atoms with Gasteiger partial charge in [-0.2, -0.15) is 10.2 Å². The number of carbonyl (C=O) groups excluding carboxylic acids is 1. The average molecular weight is 349 g/mol. The summed E-state index contributed by atoms with van der Waals surface area (Å²) in [5.74, 6) is -0.197. The number of hydrogen-bond acceptors (Lipinski definition) is 3. The lowest BCUT2D eigenvalue weighted by molar-refractivity contribution is -0.121. The molecule has 21 heavy (non-hydrogen) atoms. The summed E-state index contributed by atoms with van der Waals surface area (Å²) in [4.78, 5) is 11.9. The smallest absolute Gasteiger partial charge is 0.261 e. The van der Waals surface area contributed by atoms with Crippen LogP contribution in [0, 0.1) is 13.8 Å². The van der Waals surface area contributed by atoms with E-state index in [1.807, 2.05) is 51.1 Å². The standard InChI is InChI=1S/C15H17BrN4O/c1-10-8-11(2)20(19-10)9-15(21)18-17-12(3)13-4-6-14(16)7-5-13/h4-8H,9H2,1-3H3,(H,18,21). The van der Waals surface area contributed by atoms with Gasteiger partial charge < -0.3 is 0 Å². The maximum Gasteiger partial charge on any atom is 0.261 e. The number of aryl methyl sites for hydroxylation is 2. The Bertz CT molecular complexity index is 673. The minimum atomic E-state index is -0.197. The number of benzene rings is 1. The van der Waals surface area contributed by atoms with Crippen LogP contribution in [-0.4, -0.2) is 21.4 Å². The van der Waals surface area contributed by atoms with E-state index < -0.39 is 0 Å². The van der Waals surface area contributed by atoms with Crippen molar-refractivity contribution in [1.29, 1.82) is 0 Å². The van der Waals surface area contributed by atoms with Gasteiger partial charge in [-0.15, -0.1) is 0 Å². The number of hydrogen-bond donors (Lipinski definition) is 1. The fraction of sp³-hybridized carbons (Fsp3) is 0.267. The van der Waals surface area contributed by atoms with Gasteiger partial charge in [-0.25, -0.2) is 5.43 Å². The number of hydrazone groups is 1. The first-order valence-electron chi connectivity index (χ1n) is 6.56. The molecule has 0 fully saturated rings. The third-order valence-electron chi connectivity index (χ3n) is 3.01. The highest BCUT2D eigenvalue weighted by molar-refractivity contribution is 9.10. The van der Waals surface area contributed by atoms with Crippen molar-refractivity contribution in [3.8, 4) is 0 Å². The highest BCUT2D eigenvalue weighted by Crippen LogP contribution is 2.11. The maximum atomic E-state index is 11.9. The van der Waals surface area contributed by atoms with Gasteiger partial charge in [-0.3, -0.25) is 9.48 Å². The Morgan fingerprint density at radius 1 is 1.33 bits per heavy atom.